The summed E-state index contributed by atoms with van der Waals surface area (Å²) in [6, 6.07) is 10.6. The topological polar surface area (TPSA) is 50.1 Å². The lowest BCUT2D eigenvalue weighted by atomic mass is 10.1. The maximum Gasteiger partial charge on any atom is 0.225 e. The molecule has 2 aromatic heterocycles. The smallest absolute Gasteiger partial charge is 0.225 e. The third-order valence-electron chi connectivity index (χ3n) is 4.66. The molecule has 2 heterocycles. The van der Waals surface area contributed by atoms with E-state index in [0.29, 0.717) is 5.95 Å². The fourth-order valence-corrected chi connectivity index (χ4v) is 3.35. The van der Waals surface area contributed by atoms with Crippen LogP contribution < -0.4 is 4.90 Å². The second-order valence-corrected chi connectivity index (χ2v) is 7.33. The standard InChI is InChI=1S/C21H28N6/c1-15-20(16(2)27(6)24-15)19-10-11-22-21(23-19)26(5)14-18-9-7-8-17(12-18)13-25(3)4/h7-12H,13-14H2,1-6H3. The molecule has 0 saturated heterocycles. The SMILES string of the molecule is Cc1nn(C)c(C)c1-c1ccnc(N(C)Cc2cccc(CN(C)C)c2)n1. The van der Waals surface area contributed by atoms with Crippen LogP contribution in [0.1, 0.15) is 22.5 Å². The Labute approximate surface area is 161 Å². The van der Waals surface area contributed by atoms with E-state index in [0.717, 1.165) is 35.7 Å². The molecule has 0 bridgehead atoms. The molecular weight excluding hydrogens is 336 g/mol. The quantitative estimate of drug-likeness (QED) is 0.672. The molecular formula is C21H28N6. The molecule has 6 nitrogen and oxygen atoms in total. The van der Waals surface area contributed by atoms with Crippen molar-refractivity contribution in [3.05, 3.63) is 59.0 Å². The fraction of sp³-hybridized carbons (Fsp3) is 0.381. The maximum atomic E-state index is 4.80. The largest absolute Gasteiger partial charge is 0.340 e. The van der Waals surface area contributed by atoms with Gasteiger partial charge in [-0.2, -0.15) is 5.10 Å². The minimum Gasteiger partial charge on any atom is -0.340 e. The minimum atomic E-state index is 0.716. The first-order valence-electron chi connectivity index (χ1n) is 9.12. The zero-order valence-electron chi connectivity index (χ0n) is 17.1. The zero-order chi connectivity index (χ0) is 19.6. The second kappa shape index (κ2) is 7.88. The molecule has 3 rings (SSSR count). The molecule has 0 aliphatic carbocycles. The number of nitrogens with zero attached hydrogens (tertiary/aromatic N) is 6. The summed E-state index contributed by atoms with van der Waals surface area (Å²) in [6.45, 7) is 5.78. The number of rotatable bonds is 6. The highest BCUT2D eigenvalue weighted by Gasteiger charge is 2.15. The van der Waals surface area contributed by atoms with Crippen molar-refractivity contribution < 1.29 is 0 Å². The molecule has 0 aliphatic rings. The number of aryl methyl sites for hydroxylation is 2. The molecule has 3 aromatic rings. The molecule has 0 spiro atoms. The van der Waals surface area contributed by atoms with E-state index in [1.807, 2.05) is 38.0 Å². The van der Waals surface area contributed by atoms with E-state index < -0.39 is 0 Å². The van der Waals surface area contributed by atoms with Crippen molar-refractivity contribution in [3.63, 3.8) is 0 Å². The molecule has 0 N–H and O–H groups in total. The van der Waals surface area contributed by atoms with Gasteiger partial charge in [0.1, 0.15) is 0 Å². The van der Waals surface area contributed by atoms with Gasteiger partial charge in [-0.15, -0.1) is 0 Å². The predicted molar refractivity (Wildman–Crippen MR) is 110 cm³/mol. The van der Waals surface area contributed by atoms with Crippen LogP contribution in [0.5, 0.6) is 0 Å². The highest BCUT2D eigenvalue weighted by Crippen LogP contribution is 2.25. The Bertz CT molecular complexity index is 928. The molecule has 0 amide bonds. The lowest BCUT2D eigenvalue weighted by Gasteiger charge is -2.18. The summed E-state index contributed by atoms with van der Waals surface area (Å²) in [6.07, 6.45) is 1.82. The van der Waals surface area contributed by atoms with Crippen LogP contribution in [0.25, 0.3) is 11.3 Å². The molecule has 0 saturated carbocycles. The molecule has 1 aromatic carbocycles. The third-order valence-corrected chi connectivity index (χ3v) is 4.66. The van der Waals surface area contributed by atoms with Gasteiger partial charge in [0.15, 0.2) is 0 Å². The zero-order valence-corrected chi connectivity index (χ0v) is 17.1. The van der Waals surface area contributed by atoms with Gasteiger partial charge in [-0.1, -0.05) is 24.3 Å². The predicted octanol–water partition coefficient (Wildman–Crippen LogP) is 3.19. The van der Waals surface area contributed by atoms with Gasteiger partial charge in [-0.05, 0) is 45.1 Å². The summed E-state index contributed by atoms with van der Waals surface area (Å²) in [7, 11) is 8.16. The van der Waals surface area contributed by atoms with Crippen molar-refractivity contribution >= 4 is 5.95 Å². The summed E-state index contributed by atoms with van der Waals surface area (Å²) >= 11 is 0. The van der Waals surface area contributed by atoms with Crippen LogP contribution in [0.15, 0.2) is 36.5 Å². The van der Waals surface area contributed by atoms with Crippen molar-refractivity contribution in [1.29, 1.82) is 0 Å². The van der Waals surface area contributed by atoms with Crippen molar-refractivity contribution in [2.75, 3.05) is 26.0 Å². The minimum absolute atomic E-state index is 0.716. The number of aromatic nitrogens is 4. The monoisotopic (exact) mass is 364 g/mol. The number of benzene rings is 1. The first-order valence-corrected chi connectivity index (χ1v) is 9.12. The summed E-state index contributed by atoms with van der Waals surface area (Å²) in [5, 5.41) is 4.50. The Kier molecular flexibility index (Phi) is 5.56. The Morgan fingerprint density at radius 3 is 2.33 bits per heavy atom. The van der Waals surface area contributed by atoms with E-state index in [-0.39, 0.29) is 0 Å². The molecule has 0 aliphatic heterocycles. The lowest BCUT2D eigenvalue weighted by Crippen LogP contribution is -2.19. The fourth-order valence-electron chi connectivity index (χ4n) is 3.35. The Morgan fingerprint density at radius 1 is 1.00 bits per heavy atom. The molecule has 0 radical (unpaired) electrons. The highest BCUT2D eigenvalue weighted by atomic mass is 15.3. The van der Waals surface area contributed by atoms with E-state index in [9.17, 15) is 0 Å². The van der Waals surface area contributed by atoms with Crippen molar-refractivity contribution in [3.8, 4) is 11.3 Å². The van der Waals surface area contributed by atoms with Crippen molar-refractivity contribution in [2.45, 2.75) is 26.9 Å². The molecule has 0 fully saturated rings. The number of hydrogen-bond donors (Lipinski definition) is 0. The summed E-state index contributed by atoms with van der Waals surface area (Å²) in [5.74, 6) is 0.716. The van der Waals surface area contributed by atoms with Crippen LogP contribution in [-0.2, 0) is 20.1 Å². The molecule has 27 heavy (non-hydrogen) atoms. The Hall–Kier alpha value is -2.73. The summed E-state index contributed by atoms with van der Waals surface area (Å²) < 4.78 is 1.90. The Morgan fingerprint density at radius 2 is 1.70 bits per heavy atom. The Balaban J connectivity index is 1.83. The van der Waals surface area contributed by atoms with Crippen LogP contribution in [0, 0.1) is 13.8 Å². The van der Waals surface area contributed by atoms with Crippen LogP contribution in [0.2, 0.25) is 0 Å². The van der Waals surface area contributed by atoms with Crippen LogP contribution >= 0.6 is 0 Å². The summed E-state index contributed by atoms with van der Waals surface area (Å²) in [4.78, 5) is 13.5. The molecule has 0 unspecified atom stereocenters. The van der Waals surface area contributed by atoms with Crippen LogP contribution in [0.3, 0.4) is 0 Å². The summed E-state index contributed by atoms with van der Waals surface area (Å²) in [5.41, 5.74) is 6.65. The molecule has 6 heteroatoms. The van der Waals surface area contributed by atoms with E-state index in [1.165, 1.54) is 11.1 Å². The van der Waals surface area contributed by atoms with Gasteiger partial charge in [-0.25, -0.2) is 9.97 Å². The van der Waals surface area contributed by atoms with E-state index in [1.54, 1.807) is 0 Å². The number of anilines is 1. The highest BCUT2D eigenvalue weighted by molar-refractivity contribution is 5.65. The van der Waals surface area contributed by atoms with Crippen LogP contribution in [0.4, 0.5) is 5.95 Å². The average molecular weight is 364 g/mol. The second-order valence-electron chi connectivity index (χ2n) is 7.33. The van der Waals surface area contributed by atoms with Crippen molar-refractivity contribution in [1.82, 2.24) is 24.6 Å². The first kappa shape index (κ1) is 19.0. The van der Waals surface area contributed by atoms with Crippen molar-refractivity contribution in [2.24, 2.45) is 7.05 Å². The van der Waals surface area contributed by atoms with Gasteiger partial charge in [0.05, 0.1) is 11.4 Å². The van der Waals surface area contributed by atoms with E-state index >= 15 is 0 Å². The van der Waals surface area contributed by atoms with Gasteiger partial charge in [0.2, 0.25) is 5.95 Å². The normalized spacial score (nSPS) is 11.2. The first-order chi connectivity index (χ1) is 12.8. The van der Waals surface area contributed by atoms with Crippen LogP contribution in [-0.4, -0.2) is 45.8 Å². The maximum absolute atomic E-state index is 4.80. The average Bonchev–Trinajstić information content (AvgIpc) is 2.87. The van der Waals surface area contributed by atoms with E-state index in [4.69, 9.17) is 4.98 Å². The van der Waals surface area contributed by atoms with Gasteiger partial charge in [-0.3, -0.25) is 4.68 Å². The third kappa shape index (κ3) is 4.34. The van der Waals surface area contributed by atoms with E-state index in [2.05, 4.69) is 65.2 Å². The van der Waals surface area contributed by atoms with Gasteiger partial charge < -0.3 is 9.80 Å². The van der Waals surface area contributed by atoms with Gasteiger partial charge in [0.25, 0.3) is 0 Å². The number of hydrogen-bond acceptors (Lipinski definition) is 5. The van der Waals surface area contributed by atoms with Gasteiger partial charge >= 0.3 is 0 Å². The molecule has 0 atom stereocenters. The molecule has 142 valence electrons. The lowest BCUT2D eigenvalue weighted by molar-refractivity contribution is 0.402. The van der Waals surface area contributed by atoms with Gasteiger partial charge in [0, 0.05) is 44.6 Å².